The van der Waals surface area contributed by atoms with Gasteiger partial charge < -0.3 is 10.6 Å². The van der Waals surface area contributed by atoms with Crippen molar-refractivity contribution in [3.63, 3.8) is 0 Å². The van der Waals surface area contributed by atoms with Gasteiger partial charge in [-0.1, -0.05) is 6.07 Å². The van der Waals surface area contributed by atoms with E-state index >= 15 is 0 Å². The minimum atomic E-state index is -1.60. The van der Waals surface area contributed by atoms with Gasteiger partial charge in [-0.05, 0) is 30.3 Å². The van der Waals surface area contributed by atoms with Gasteiger partial charge in [0.2, 0.25) is 5.91 Å². The van der Waals surface area contributed by atoms with Crippen molar-refractivity contribution in [1.29, 1.82) is 5.26 Å². The molecule has 2 aromatic carbocycles. The van der Waals surface area contributed by atoms with E-state index in [1.54, 1.807) is 18.2 Å². The molecule has 0 aliphatic rings. The van der Waals surface area contributed by atoms with Crippen molar-refractivity contribution in [2.24, 2.45) is 0 Å². The zero-order chi connectivity index (χ0) is 16.1. The Kier molecular flexibility index (Phi) is 4.63. The average Bonchev–Trinajstić information content (AvgIpc) is 2.52. The highest BCUT2D eigenvalue weighted by molar-refractivity contribution is 5.93. The highest BCUT2D eigenvalue weighted by Gasteiger charge is 2.13. The zero-order valence-corrected chi connectivity index (χ0v) is 11.2. The van der Waals surface area contributed by atoms with Crippen LogP contribution in [-0.4, -0.2) is 12.5 Å². The molecule has 0 bridgehead atoms. The van der Waals surface area contributed by atoms with Gasteiger partial charge in [0.15, 0.2) is 17.5 Å². The minimum absolute atomic E-state index is 0.320. The monoisotopic (exact) mass is 305 g/mol. The molecule has 22 heavy (non-hydrogen) atoms. The van der Waals surface area contributed by atoms with E-state index in [9.17, 15) is 18.0 Å². The van der Waals surface area contributed by atoms with E-state index in [-0.39, 0.29) is 12.2 Å². The summed E-state index contributed by atoms with van der Waals surface area (Å²) in [7, 11) is 0. The number of anilines is 2. The van der Waals surface area contributed by atoms with Crippen LogP contribution in [0, 0.1) is 28.8 Å². The van der Waals surface area contributed by atoms with Gasteiger partial charge in [-0.15, -0.1) is 0 Å². The van der Waals surface area contributed by atoms with Crippen LogP contribution in [0.5, 0.6) is 0 Å². The summed E-state index contributed by atoms with van der Waals surface area (Å²) in [5, 5.41) is 13.6. The van der Waals surface area contributed by atoms with Crippen molar-refractivity contribution < 1.29 is 18.0 Å². The van der Waals surface area contributed by atoms with Crippen LogP contribution < -0.4 is 10.6 Å². The van der Waals surface area contributed by atoms with E-state index in [1.807, 2.05) is 6.07 Å². The largest absolute Gasteiger partial charge is 0.374 e. The van der Waals surface area contributed by atoms with Crippen LogP contribution in [0.4, 0.5) is 24.5 Å². The normalized spacial score (nSPS) is 9.91. The highest BCUT2D eigenvalue weighted by atomic mass is 19.2. The Balaban J connectivity index is 1.99. The van der Waals surface area contributed by atoms with E-state index in [0.29, 0.717) is 11.3 Å². The molecule has 4 nitrogen and oxygen atoms in total. The molecule has 2 aromatic rings. The molecule has 0 saturated heterocycles. The van der Waals surface area contributed by atoms with Gasteiger partial charge in [0.05, 0.1) is 23.9 Å². The lowest BCUT2D eigenvalue weighted by molar-refractivity contribution is -0.114. The molecule has 7 heteroatoms. The predicted molar refractivity (Wildman–Crippen MR) is 74.6 cm³/mol. The molecule has 0 unspecified atom stereocenters. The molecule has 0 heterocycles. The average molecular weight is 305 g/mol. The Morgan fingerprint density at radius 3 is 2.64 bits per heavy atom. The fourth-order valence-electron chi connectivity index (χ4n) is 1.71. The Bertz CT molecular complexity index is 756. The smallest absolute Gasteiger partial charge is 0.243 e. The second kappa shape index (κ2) is 6.63. The highest BCUT2D eigenvalue weighted by Crippen LogP contribution is 2.19. The summed E-state index contributed by atoms with van der Waals surface area (Å²) in [5.41, 5.74) is 0.453. The number of carbonyl (C=O) groups excluding carboxylic acids is 1. The molecule has 0 saturated carbocycles. The van der Waals surface area contributed by atoms with Crippen LogP contribution >= 0.6 is 0 Å². The number of benzene rings is 2. The Hall–Kier alpha value is -3.01. The second-order valence-corrected chi connectivity index (χ2v) is 4.32. The topological polar surface area (TPSA) is 64.9 Å². The van der Waals surface area contributed by atoms with Gasteiger partial charge in [-0.2, -0.15) is 5.26 Å². The van der Waals surface area contributed by atoms with Crippen molar-refractivity contribution in [1.82, 2.24) is 0 Å². The first kappa shape index (κ1) is 15.4. The Morgan fingerprint density at radius 1 is 1.14 bits per heavy atom. The summed E-state index contributed by atoms with van der Waals surface area (Å²) in [4.78, 5) is 11.7. The number of nitrogens with one attached hydrogen (secondary N) is 2. The molecule has 0 radical (unpaired) electrons. The first-order valence-electron chi connectivity index (χ1n) is 6.18. The number of hydrogen-bond acceptors (Lipinski definition) is 3. The van der Waals surface area contributed by atoms with Gasteiger partial charge in [0.1, 0.15) is 0 Å². The van der Waals surface area contributed by atoms with Crippen LogP contribution in [0.2, 0.25) is 0 Å². The van der Waals surface area contributed by atoms with Gasteiger partial charge in [-0.25, -0.2) is 13.2 Å². The maximum Gasteiger partial charge on any atom is 0.243 e. The van der Waals surface area contributed by atoms with Crippen LogP contribution in [0.25, 0.3) is 0 Å². The predicted octanol–water partition coefficient (Wildman–Crippen LogP) is 3.03. The molecule has 1 amide bonds. The van der Waals surface area contributed by atoms with E-state index in [2.05, 4.69) is 10.6 Å². The second-order valence-electron chi connectivity index (χ2n) is 4.32. The Morgan fingerprint density at radius 2 is 1.91 bits per heavy atom. The van der Waals surface area contributed by atoms with Crippen LogP contribution in [0.15, 0.2) is 36.4 Å². The summed E-state index contributed by atoms with van der Waals surface area (Å²) in [5.74, 6) is -4.83. The SMILES string of the molecule is N#Cc1cccc(NC(=O)CNc2ccc(F)c(F)c2F)c1. The molecule has 0 atom stereocenters. The molecule has 0 aliphatic carbocycles. The third kappa shape index (κ3) is 3.55. The number of hydrogen-bond donors (Lipinski definition) is 2. The molecule has 0 spiro atoms. The maximum atomic E-state index is 13.4. The number of halogens is 3. The standard InChI is InChI=1S/C15H10F3N3O/c16-11-4-5-12(15(18)14(11)17)20-8-13(22)21-10-3-1-2-9(6-10)7-19/h1-6,20H,8H2,(H,21,22). The van der Waals surface area contributed by atoms with Gasteiger partial charge in [0.25, 0.3) is 0 Å². The molecule has 0 aromatic heterocycles. The molecule has 0 aliphatic heterocycles. The Labute approximate surface area is 124 Å². The van der Waals surface area contributed by atoms with E-state index in [4.69, 9.17) is 5.26 Å². The first-order valence-corrected chi connectivity index (χ1v) is 6.18. The van der Waals surface area contributed by atoms with Crippen LogP contribution in [0.1, 0.15) is 5.56 Å². The molecule has 2 rings (SSSR count). The number of nitrogens with zero attached hydrogens (tertiary/aromatic N) is 1. The van der Waals surface area contributed by atoms with Crippen molar-refractivity contribution in [3.05, 3.63) is 59.4 Å². The van der Waals surface area contributed by atoms with Gasteiger partial charge in [-0.3, -0.25) is 4.79 Å². The van der Waals surface area contributed by atoms with Crippen molar-refractivity contribution in [2.45, 2.75) is 0 Å². The van der Waals surface area contributed by atoms with Gasteiger partial charge in [0, 0.05) is 5.69 Å². The fourth-order valence-corrected chi connectivity index (χ4v) is 1.71. The molecular formula is C15H10F3N3O. The third-order valence-corrected chi connectivity index (χ3v) is 2.75. The maximum absolute atomic E-state index is 13.4. The van der Waals surface area contributed by atoms with E-state index in [1.165, 1.54) is 6.07 Å². The quantitative estimate of drug-likeness (QED) is 0.853. The number of amides is 1. The molecular weight excluding hydrogens is 295 g/mol. The summed E-state index contributed by atoms with van der Waals surface area (Å²) in [6.07, 6.45) is 0. The van der Waals surface area contributed by atoms with E-state index in [0.717, 1.165) is 12.1 Å². The van der Waals surface area contributed by atoms with Crippen LogP contribution in [-0.2, 0) is 4.79 Å². The zero-order valence-electron chi connectivity index (χ0n) is 11.2. The molecule has 0 fully saturated rings. The van der Waals surface area contributed by atoms with Crippen molar-refractivity contribution in [2.75, 3.05) is 17.2 Å². The number of rotatable bonds is 4. The minimum Gasteiger partial charge on any atom is -0.374 e. The summed E-state index contributed by atoms with van der Waals surface area (Å²) in [6, 6.07) is 9.90. The molecule has 2 N–H and O–H groups in total. The van der Waals surface area contributed by atoms with E-state index < -0.39 is 23.4 Å². The molecule has 112 valence electrons. The summed E-state index contributed by atoms with van der Waals surface area (Å²) < 4.78 is 39.2. The lowest BCUT2D eigenvalue weighted by Crippen LogP contribution is -2.22. The third-order valence-electron chi connectivity index (χ3n) is 2.75. The first-order chi connectivity index (χ1) is 10.5. The summed E-state index contributed by atoms with van der Waals surface area (Å²) in [6.45, 7) is -0.348. The lowest BCUT2D eigenvalue weighted by atomic mass is 10.2. The van der Waals surface area contributed by atoms with Crippen molar-refractivity contribution in [3.8, 4) is 6.07 Å². The lowest BCUT2D eigenvalue weighted by Gasteiger charge is -2.09. The van der Waals surface area contributed by atoms with Gasteiger partial charge >= 0.3 is 0 Å². The van der Waals surface area contributed by atoms with Crippen molar-refractivity contribution >= 4 is 17.3 Å². The number of carbonyl (C=O) groups is 1. The number of nitriles is 1. The summed E-state index contributed by atoms with van der Waals surface area (Å²) >= 11 is 0. The van der Waals surface area contributed by atoms with Crippen LogP contribution in [0.3, 0.4) is 0 Å². The fraction of sp³-hybridized carbons (Fsp3) is 0.0667.